The third-order valence-corrected chi connectivity index (χ3v) is 4.84. The van der Waals surface area contributed by atoms with Crippen molar-refractivity contribution >= 4 is 28.6 Å². The molecule has 0 bridgehead atoms. The summed E-state index contributed by atoms with van der Waals surface area (Å²) in [6.07, 6.45) is 0.255. The minimum atomic E-state index is -0.919. The van der Waals surface area contributed by atoms with Gasteiger partial charge in [0.2, 0.25) is 11.8 Å². The van der Waals surface area contributed by atoms with E-state index in [2.05, 4.69) is 5.32 Å². The number of fused-ring (bicyclic) bond motifs is 1. The quantitative estimate of drug-likeness (QED) is 0.728. The number of barbiturate groups is 1. The second-order valence-electron chi connectivity index (χ2n) is 6.60. The highest BCUT2D eigenvalue weighted by molar-refractivity contribution is 6.16. The number of amides is 4. The van der Waals surface area contributed by atoms with E-state index in [-0.39, 0.29) is 13.0 Å². The predicted octanol–water partition coefficient (Wildman–Crippen LogP) is 3.28. The van der Waals surface area contributed by atoms with Gasteiger partial charge in [0.1, 0.15) is 5.92 Å². The molecule has 1 atom stereocenters. The van der Waals surface area contributed by atoms with Crippen molar-refractivity contribution in [2.75, 3.05) is 0 Å². The molecular weight excluding hydrogens is 340 g/mol. The van der Waals surface area contributed by atoms with Gasteiger partial charge < -0.3 is 0 Å². The van der Waals surface area contributed by atoms with E-state index in [1.165, 1.54) is 0 Å². The molecule has 0 aliphatic carbocycles. The summed E-state index contributed by atoms with van der Waals surface area (Å²) in [5.74, 6) is -1.92. The molecule has 1 aliphatic heterocycles. The van der Waals surface area contributed by atoms with Crippen LogP contribution in [-0.4, -0.2) is 22.7 Å². The highest BCUT2D eigenvalue weighted by atomic mass is 16.2. The Morgan fingerprint density at radius 2 is 1.52 bits per heavy atom. The fourth-order valence-electron chi connectivity index (χ4n) is 3.45. The van der Waals surface area contributed by atoms with E-state index in [1.807, 2.05) is 72.8 Å². The van der Waals surface area contributed by atoms with Crippen molar-refractivity contribution in [3.05, 3.63) is 83.9 Å². The van der Waals surface area contributed by atoms with Crippen molar-refractivity contribution in [2.24, 2.45) is 5.92 Å². The molecule has 3 aromatic carbocycles. The minimum absolute atomic E-state index is 0.144. The zero-order chi connectivity index (χ0) is 18.8. The Morgan fingerprint density at radius 3 is 2.33 bits per heavy atom. The number of urea groups is 1. The molecule has 0 aromatic heterocycles. The van der Waals surface area contributed by atoms with Crippen LogP contribution >= 0.6 is 0 Å². The van der Waals surface area contributed by atoms with Crippen LogP contribution in [0.4, 0.5) is 4.79 Å². The molecule has 0 spiro atoms. The van der Waals surface area contributed by atoms with Crippen LogP contribution in [0.3, 0.4) is 0 Å². The van der Waals surface area contributed by atoms with Gasteiger partial charge in [-0.15, -0.1) is 0 Å². The molecule has 5 nitrogen and oxygen atoms in total. The van der Waals surface area contributed by atoms with Crippen molar-refractivity contribution in [3.8, 4) is 0 Å². The third kappa shape index (κ3) is 3.31. The number of nitrogens with zero attached hydrogens (tertiary/aromatic N) is 1. The number of nitrogens with one attached hydrogen (secondary N) is 1. The number of imide groups is 2. The van der Waals surface area contributed by atoms with Gasteiger partial charge in [-0.3, -0.25) is 19.8 Å². The van der Waals surface area contributed by atoms with Gasteiger partial charge in [-0.1, -0.05) is 72.8 Å². The van der Waals surface area contributed by atoms with Crippen LogP contribution < -0.4 is 5.32 Å². The van der Waals surface area contributed by atoms with E-state index in [4.69, 9.17) is 0 Å². The lowest BCUT2D eigenvalue weighted by atomic mass is 9.92. The van der Waals surface area contributed by atoms with E-state index in [0.29, 0.717) is 0 Å². The Labute approximate surface area is 156 Å². The van der Waals surface area contributed by atoms with Gasteiger partial charge in [0, 0.05) is 0 Å². The van der Waals surface area contributed by atoms with Crippen molar-refractivity contribution in [2.45, 2.75) is 13.0 Å². The number of carbonyl (C=O) groups excluding carboxylic acids is 3. The Bertz CT molecular complexity index is 1020. The van der Waals surface area contributed by atoms with E-state index in [1.54, 1.807) is 0 Å². The first-order valence-corrected chi connectivity index (χ1v) is 8.80. The first-order chi connectivity index (χ1) is 13.1. The van der Waals surface area contributed by atoms with Crippen molar-refractivity contribution < 1.29 is 14.4 Å². The van der Waals surface area contributed by atoms with Crippen molar-refractivity contribution in [3.63, 3.8) is 0 Å². The van der Waals surface area contributed by atoms with Crippen LogP contribution in [-0.2, 0) is 22.6 Å². The van der Waals surface area contributed by atoms with Gasteiger partial charge in [-0.05, 0) is 28.3 Å². The van der Waals surface area contributed by atoms with Crippen LogP contribution in [0.25, 0.3) is 10.8 Å². The smallest absolute Gasteiger partial charge is 0.277 e. The average Bonchev–Trinajstić information content (AvgIpc) is 2.69. The standard InChI is InChI=1S/C22H18N2O3/c25-20-19(13-17-11-6-10-16-9-4-5-12-18(16)17)21(26)24(22(27)23-20)14-15-7-2-1-3-8-15/h1-12,19H,13-14H2,(H,23,25,27)/t19-/m0/s1. The second kappa shape index (κ2) is 7.03. The molecule has 1 fully saturated rings. The molecule has 3 aromatic rings. The monoisotopic (exact) mass is 358 g/mol. The second-order valence-corrected chi connectivity index (χ2v) is 6.60. The summed E-state index contributed by atoms with van der Waals surface area (Å²) in [4.78, 5) is 38.6. The number of hydrogen-bond donors (Lipinski definition) is 1. The molecule has 1 saturated heterocycles. The van der Waals surface area contributed by atoms with Crippen molar-refractivity contribution in [1.82, 2.24) is 10.2 Å². The zero-order valence-corrected chi connectivity index (χ0v) is 14.6. The largest absolute Gasteiger partial charge is 0.331 e. The SMILES string of the molecule is O=C1NC(=O)N(Cc2ccccc2)C(=O)[C@H]1Cc1cccc2ccccc12. The molecule has 5 heteroatoms. The lowest BCUT2D eigenvalue weighted by molar-refractivity contribution is -0.142. The van der Waals surface area contributed by atoms with Crippen LogP contribution in [0, 0.1) is 5.92 Å². The number of benzene rings is 3. The van der Waals surface area contributed by atoms with Gasteiger partial charge in [-0.25, -0.2) is 4.79 Å². The average molecular weight is 358 g/mol. The molecule has 27 heavy (non-hydrogen) atoms. The molecule has 134 valence electrons. The molecule has 1 heterocycles. The summed E-state index contributed by atoms with van der Waals surface area (Å²) in [5, 5.41) is 4.38. The predicted molar refractivity (Wildman–Crippen MR) is 102 cm³/mol. The summed E-state index contributed by atoms with van der Waals surface area (Å²) < 4.78 is 0. The first kappa shape index (κ1) is 17.0. The maximum Gasteiger partial charge on any atom is 0.331 e. The number of rotatable bonds is 4. The fraction of sp³-hybridized carbons (Fsp3) is 0.136. The summed E-state index contributed by atoms with van der Waals surface area (Å²) >= 11 is 0. The molecular formula is C22H18N2O3. The first-order valence-electron chi connectivity index (χ1n) is 8.80. The Balaban J connectivity index is 1.62. The van der Waals surface area contributed by atoms with Crippen molar-refractivity contribution in [1.29, 1.82) is 0 Å². The lowest BCUT2D eigenvalue weighted by Crippen LogP contribution is -2.57. The van der Waals surface area contributed by atoms with Gasteiger partial charge in [0.25, 0.3) is 0 Å². The van der Waals surface area contributed by atoms with Gasteiger partial charge in [0.15, 0.2) is 0 Å². The maximum absolute atomic E-state index is 12.9. The Hall–Kier alpha value is -3.47. The minimum Gasteiger partial charge on any atom is -0.277 e. The summed E-state index contributed by atoms with van der Waals surface area (Å²) in [7, 11) is 0. The molecule has 0 unspecified atom stereocenters. The third-order valence-electron chi connectivity index (χ3n) is 4.84. The van der Waals surface area contributed by atoms with Crippen LogP contribution in [0.5, 0.6) is 0 Å². The van der Waals surface area contributed by atoms with Crippen LogP contribution in [0.1, 0.15) is 11.1 Å². The van der Waals surface area contributed by atoms with Gasteiger partial charge in [-0.2, -0.15) is 0 Å². The maximum atomic E-state index is 12.9. The topological polar surface area (TPSA) is 66.5 Å². The Morgan fingerprint density at radius 1 is 0.815 bits per heavy atom. The molecule has 0 radical (unpaired) electrons. The summed E-state index contributed by atoms with van der Waals surface area (Å²) in [6.45, 7) is 0.144. The lowest BCUT2D eigenvalue weighted by Gasteiger charge is -2.30. The van der Waals surface area contributed by atoms with E-state index in [9.17, 15) is 14.4 Å². The van der Waals surface area contributed by atoms with E-state index >= 15 is 0 Å². The molecule has 1 aliphatic rings. The molecule has 0 saturated carbocycles. The highest BCUT2D eigenvalue weighted by Crippen LogP contribution is 2.24. The summed E-state index contributed by atoms with van der Waals surface area (Å²) in [5.41, 5.74) is 1.75. The van der Waals surface area contributed by atoms with Crippen LogP contribution in [0.15, 0.2) is 72.8 Å². The highest BCUT2D eigenvalue weighted by Gasteiger charge is 2.40. The fourth-order valence-corrected chi connectivity index (χ4v) is 3.45. The number of carbonyl (C=O) groups is 3. The zero-order valence-electron chi connectivity index (χ0n) is 14.6. The normalized spacial score (nSPS) is 17.3. The molecule has 1 N–H and O–H groups in total. The van der Waals surface area contributed by atoms with E-state index < -0.39 is 23.8 Å². The Kier molecular flexibility index (Phi) is 4.42. The van der Waals surface area contributed by atoms with Gasteiger partial charge >= 0.3 is 6.03 Å². The van der Waals surface area contributed by atoms with E-state index in [0.717, 1.165) is 26.8 Å². The van der Waals surface area contributed by atoms with Crippen LogP contribution in [0.2, 0.25) is 0 Å². The van der Waals surface area contributed by atoms with Gasteiger partial charge in [0.05, 0.1) is 6.54 Å². The molecule has 4 amide bonds. The molecule has 4 rings (SSSR count). The number of hydrogen-bond acceptors (Lipinski definition) is 3. The summed E-state index contributed by atoms with van der Waals surface area (Å²) in [6, 6.07) is 22.3.